The molecule has 0 fully saturated rings. The van der Waals surface area contributed by atoms with E-state index in [1.54, 1.807) is 6.07 Å². The zero-order valence-corrected chi connectivity index (χ0v) is 14.2. The fourth-order valence-corrected chi connectivity index (χ4v) is 3.07. The number of aryl methyl sites for hydroxylation is 1. The Morgan fingerprint density at radius 1 is 1.04 bits per heavy atom. The maximum atomic E-state index is 11.9. The lowest BCUT2D eigenvalue weighted by molar-refractivity contribution is 0.0699. The molecule has 2 aromatic carbocycles. The molecule has 0 saturated heterocycles. The Morgan fingerprint density at radius 3 is 2.42 bits per heavy atom. The van der Waals surface area contributed by atoms with Crippen LogP contribution >= 0.6 is 0 Å². The number of carboxylic acids is 1. The number of aromatic carboxylic acids is 1. The van der Waals surface area contributed by atoms with Crippen molar-refractivity contribution in [2.45, 2.75) is 13.3 Å². The number of pyridine rings is 1. The van der Waals surface area contributed by atoms with Gasteiger partial charge in [-0.3, -0.25) is 5.10 Å². The number of hydrogen-bond acceptors (Lipinski definition) is 3. The molecule has 0 aliphatic rings. The van der Waals surface area contributed by atoms with E-state index in [2.05, 4.69) is 22.1 Å². The first kappa shape index (κ1) is 16.0. The zero-order chi connectivity index (χ0) is 18.1. The molecule has 2 aromatic heterocycles. The van der Waals surface area contributed by atoms with Gasteiger partial charge >= 0.3 is 5.97 Å². The maximum absolute atomic E-state index is 11.9. The average molecular weight is 343 g/mol. The minimum atomic E-state index is -0.998. The molecule has 0 bridgehead atoms. The molecule has 2 N–H and O–H groups in total. The van der Waals surface area contributed by atoms with Crippen LogP contribution in [-0.4, -0.2) is 26.3 Å². The predicted molar refractivity (Wildman–Crippen MR) is 101 cm³/mol. The third-order valence-corrected chi connectivity index (χ3v) is 4.47. The summed E-state index contributed by atoms with van der Waals surface area (Å²) in [6, 6.07) is 19.1. The van der Waals surface area contributed by atoms with Crippen LogP contribution in [-0.2, 0) is 6.42 Å². The summed E-state index contributed by atoms with van der Waals surface area (Å²) in [5, 5.41) is 17.5. The van der Waals surface area contributed by atoms with Crippen molar-refractivity contribution in [2.75, 3.05) is 0 Å². The summed E-state index contributed by atoms with van der Waals surface area (Å²) in [4.78, 5) is 16.5. The van der Waals surface area contributed by atoms with Crippen LogP contribution < -0.4 is 0 Å². The number of nitrogens with zero attached hydrogens (tertiary/aromatic N) is 2. The highest BCUT2D eigenvalue weighted by Gasteiger charge is 2.19. The lowest BCUT2D eigenvalue weighted by Crippen LogP contribution is -2.00. The molecule has 4 rings (SSSR count). The van der Waals surface area contributed by atoms with Gasteiger partial charge in [-0.05, 0) is 18.1 Å². The van der Waals surface area contributed by atoms with E-state index in [4.69, 9.17) is 0 Å². The first-order valence-electron chi connectivity index (χ1n) is 8.44. The van der Waals surface area contributed by atoms with Crippen molar-refractivity contribution in [2.24, 2.45) is 0 Å². The minimum absolute atomic E-state index is 0.192. The van der Waals surface area contributed by atoms with E-state index in [0.717, 1.165) is 17.5 Å². The van der Waals surface area contributed by atoms with Crippen LogP contribution in [0.1, 0.15) is 22.8 Å². The van der Waals surface area contributed by atoms with Gasteiger partial charge in [0.2, 0.25) is 0 Å². The van der Waals surface area contributed by atoms with E-state index < -0.39 is 5.97 Å². The number of hydrogen-bond donors (Lipinski definition) is 2. The van der Waals surface area contributed by atoms with Crippen molar-refractivity contribution < 1.29 is 9.90 Å². The first-order chi connectivity index (χ1) is 12.7. The molecule has 0 amide bonds. The lowest BCUT2D eigenvalue weighted by Gasteiger charge is -2.06. The summed E-state index contributed by atoms with van der Waals surface area (Å²) in [5.41, 5.74) is 4.83. The van der Waals surface area contributed by atoms with E-state index in [9.17, 15) is 9.90 Å². The molecule has 128 valence electrons. The van der Waals surface area contributed by atoms with Crippen LogP contribution in [0.3, 0.4) is 0 Å². The molecule has 0 radical (unpaired) electrons. The van der Waals surface area contributed by atoms with Crippen LogP contribution in [0.5, 0.6) is 0 Å². The summed E-state index contributed by atoms with van der Waals surface area (Å²) < 4.78 is 0. The smallest absolute Gasteiger partial charge is 0.336 e. The highest BCUT2D eigenvalue weighted by Crippen LogP contribution is 2.31. The topological polar surface area (TPSA) is 78.9 Å². The van der Waals surface area contributed by atoms with Gasteiger partial charge in [-0.2, -0.15) is 5.10 Å². The van der Waals surface area contributed by atoms with E-state index in [0.29, 0.717) is 22.4 Å². The van der Waals surface area contributed by atoms with Crippen LogP contribution in [0.4, 0.5) is 0 Å². The Morgan fingerprint density at radius 2 is 1.77 bits per heavy atom. The van der Waals surface area contributed by atoms with Gasteiger partial charge in [0.25, 0.3) is 0 Å². The van der Waals surface area contributed by atoms with Crippen LogP contribution in [0.25, 0.3) is 33.5 Å². The van der Waals surface area contributed by atoms with Crippen molar-refractivity contribution in [3.05, 3.63) is 71.8 Å². The maximum Gasteiger partial charge on any atom is 0.336 e. The number of aromatic amines is 1. The number of H-pyrrole nitrogens is 1. The van der Waals surface area contributed by atoms with Gasteiger partial charge < -0.3 is 5.11 Å². The number of aromatic nitrogens is 3. The highest BCUT2D eigenvalue weighted by atomic mass is 16.4. The number of carboxylic acid groups (broad SMARTS) is 1. The molecular weight excluding hydrogens is 326 g/mol. The van der Waals surface area contributed by atoms with Gasteiger partial charge in [0.1, 0.15) is 0 Å². The van der Waals surface area contributed by atoms with Gasteiger partial charge in [0.05, 0.1) is 22.3 Å². The Balaban J connectivity index is 1.93. The first-order valence-corrected chi connectivity index (χ1v) is 8.44. The fraction of sp³-hybridized carbons (Fsp3) is 0.0952. The van der Waals surface area contributed by atoms with Crippen molar-refractivity contribution >= 4 is 17.0 Å². The molecule has 0 aliphatic carbocycles. The van der Waals surface area contributed by atoms with E-state index in [1.807, 2.05) is 54.6 Å². The molecule has 0 spiro atoms. The third-order valence-electron chi connectivity index (χ3n) is 4.47. The van der Waals surface area contributed by atoms with Crippen molar-refractivity contribution in [1.29, 1.82) is 0 Å². The summed E-state index contributed by atoms with van der Waals surface area (Å²) in [6.45, 7) is 2.10. The van der Waals surface area contributed by atoms with Gasteiger partial charge in [0, 0.05) is 11.1 Å². The van der Waals surface area contributed by atoms with Crippen LogP contribution in [0.15, 0.2) is 60.7 Å². The minimum Gasteiger partial charge on any atom is -0.478 e. The summed E-state index contributed by atoms with van der Waals surface area (Å²) in [6.07, 6.45) is 0.951. The Kier molecular flexibility index (Phi) is 3.97. The van der Waals surface area contributed by atoms with E-state index in [-0.39, 0.29) is 5.56 Å². The molecule has 4 aromatic rings. The SMILES string of the molecule is CCc1ccc(-c2[nH]nc3nc(-c4ccccc4)cc(C(=O)O)c23)cc1. The molecule has 5 heteroatoms. The number of fused-ring (bicyclic) bond motifs is 1. The second-order valence-corrected chi connectivity index (χ2v) is 6.07. The molecular formula is C21H17N3O2. The molecule has 0 atom stereocenters. The van der Waals surface area contributed by atoms with Crippen molar-refractivity contribution in [3.8, 4) is 22.5 Å². The summed E-state index contributed by atoms with van der Waals surface area (Å²) >= 11 is 0. The molecule has 0 aliphatic heterocycles. The number of carbonyl (C=O) groups is 1. The quantitative estimate of drug-likeness (QED) is 0.570. The lowest BCUT2D eigenvalue weighted by atomic mass is 10.0. The van der Waals surface area contributed by atoms with Gasteiger partial charge in [-0.1, -0.05) is 61.5 Å². The molecule has 0 unspecified atom stereocenters. The van der Waals surface area contributed by atoms with Gasteiger partial charge in [-0.15, -0.1) is 0 Å². The molecule has 5 nitrogen and oxygen atoms in total. The molecule has 26 heavy (non-hydrogen) atoms. The van der Waals surface area contributed by atoms with E-state index >= 15 is 0 Å². The van der Waals surface area contributed by atoms with Crippen molar-refractivity contribution in [3.63, 3.8) is 0 Å². The number of rotatable bonds is 4. The standard InChI is InChI=1S/C21H17N3O2/c1-2-13-8-10-15(11-9-13)19-18-16(21(25)26)12-17(22-20(18)24-23-19)14-6-4-3-5-7-14/h3-12H,2H2,1H3,(H,25,26)(H,22,23,24). The Bertz CT molecular complexity index is 1080. The number of benzene rings is 2. The second-order valence-electron chi connectivity index (χ2n) is 6.07. The monoisotopic (exact) mass is 343 g/mol. The second kappa shape index (κ2) is 6.44. The Hall–Kier alpha value is -3.47. The normalized spacial score (nSPS) is 11.0. The number of nitrogens with one attached hydrogen (secondary N) is 1. The largest absolute Gasteiger partial charge is 0.478 e. The van der Waals surface area contributed by atoms with Gasteiger partial charge in [0.15, 0.2) is 5.65 Å². The molecule has 2 heterocycles. The van der Waals surface area contributed by atoms with Crippen LogP contribution in [0, 0.1) is 0 Å². The predicted octanol–water partition coefficient (Wildman–Crippen LogP) is 4.55. The van der Waals surface area contributed by atoms with Gasteiger partial charge in [-0.25, -0.2) is 9.78 Å². The summed E-state index contributed by atoms with van der Waals surface area (Å²) in [7, 11) is 0. The average Bonchev–Trinajstić information content (AvgIpc) is 3.12. The Labute approximate surface area is 150 Å². The fourth-order valence-electron chi connectivity index (χ4n) is 3.07. The summed E-state index contributed by atoms with van der Waals surface area (Å²) in [5.74, 6) is -0.998. The van der Waals surface area contributed by atoms with Crippen LogP contribution in [0.2, 0.25) is 0 Å². The third kappa shape index (κ3) is 2.73. The van der Waals surface area contributed by atoms with E-state index in [1.165, 1.54) is 5.56 Å². The van der Waals surface area contributed by atoms with Crippen molar-refractivity contribution in [1.82, 2.24) is 15.2 Å². The molecule has 0 saturated carbocycles. The highest BCUT2D eigenvalue weighted by molar-refractivity contribution is 6.08. The zero-order valence-electron chi connectivity index (χ0n) is 14.2.